The average Bonchev–Trinajstić information content (AvgIpc) is 3.39. The average molecular weight is 517 g/mol. The van der Waals surface area contributed by atoms with Crippen LogP contribution in [0.25, 0.3) is 22.0 Å². The molecule has 3 heterocycles. The molecule has 37 heavy (non-hydrogen) atoms. The first-order valence-corrected chi connectivity index (χ1v) is 11.8. The number of hydrogen-bond acceptors (Lipinski definition) is 10. The maximum absolute atomic E-state index is 8.97. The summed E-state index contributed by atoms with van der Waals surface area (Å²) >= 11 is 0. The van der Waals surface area contributed by atoms with Crippen molar-refractivity contribution in [1.29, 1.82) is 0 Å². The number of aryl methyl sites for hydroxylation is 2. The van der Waals surface area contributed by atoms with Gasteiger partial charge in [-0.3, -0.25) is 0 Å². The molecular weight excluding hydrogens is 486 g/mol. The number of fused-ring (bicyclic) bond motifs is 5. The summed E-state index contributed by atoms with van der Waals surface area (Å²) in [6, 6.07) is 10.4. The van der Waals surface area contributed by atoms with Crippen molar-refractivity contribution >= 4 is 10.8 Å². The molecular formula is C26H30NO10+. The number of ether oxygens (including phenoxy) is 4. The van der Waals surface area contributed by atoms with Gasteiger partial charge in [0.05, 0.1) is 25.2 Å². The molecule has 198 valence electrons. The summed E-state index contributed by atoms with van der Waals surface area (Å²) in [5.41, 5.74) is 3.68. The first kappa shape index (κ1) is 25.5. The standard InChI is InChI=1S/C20H18NO4.C6H12O6/c1-22-17-4-3-12-7-16-14-9-19-18(24-11-25-19)8-13(14)5-6-21(16)10-15(12)20(17)23-2;7-1-2(8)4(10)6(12)5(11)3(1)9/h3-4,7-10H,5-6,11H2,1-2H3;1-12H/q+1;. The van der Waals surface area contributed by atoms with E-state index in [9.17, 15) is 0 Å². The second-order valence-corrected chi connectivity index (χ2v) is 9.21. The molecule has 2 aromatic carbocycles. The highest BCUT2D eigenvalue weighted by Crippen LogP contribution is 2.41. The molecule has 6 rings (SSSR count). The Morgan fingerprint density at radius 1 is 0.784 bits per heavy atom. The molecule has 0 radical (unpaired) electrons. The van der Waals surface area contributed by atoms with E-state index in [0.29, 0.717) is 6.79 Å². The molecule has 2 aliphatic heterocycles. The van der Waals surface area contributed by atoms with Crippen LogP contribution in [0.1, 0.15) is 5.56 Å². The Morgan fingerprint density at radius 3 is 1.95 bits per heavy atom. The minimum atomic E-state index is -1.64. The highest BCUT2D eigenvalue weighted by molar-refractivity contribution is 5.91. The molecule has 0 amide bonds. The van der Waals surface area contributed by atoms with Crippen LogP contribution >= 0.6 is 0 Å². The van der Waals surface area contributed by atoms with Crippen molar-refractivity contribution in [3.05, 3.63) is 42.1 Å². The number of pyridine rings is 1. The van der Waals surface area contributed by atoms with E-state index in [0.717, 1.165) is 46.7 Å². The lowest BCUT2D eigenvalue weighted by Gasteiger charge is -2.39. The van der Waals surface area contributed by atoms with Gasteiger partial charge in [-0.1, -0.05) is 0 Å². The molecule has 3 aliphatic rings. The Labute approximate surface area is 212 Å². The van der Waals surface area contributed by atoms with E-state index in [1.807, 2.05) is 6.07 Å². The predicted octanol–water partition coefficient (Wildman–Crippen LogP) is -0.738. The quantitative estimate of drug-likeness (QED) is 0.239. The molecule has 11 nitrogen and oxygen atoms in total. The van der Waals surface area contributed by atoms with Crippen molar-refractivity contribution in [2.24, 2.45) is 0 Å². The van der Waals surface area contributed by atoms with Gasteiger partial charge < -0.3 is 49.6 Å². The van der Waals surface area contributed by atoms with Gasteiger partial charge in [0.1, 0.15) is 36.6 Å². The molecule has 11 heteroatoms. The van der Waals surface area contributed by atoms with Crippen molar-refractivity contribution in [3.63, 3.8) is 0 Å². The SMILES string of the molecule is COc1ccc2cc3[n+](cc2c1OC)CCc1cc2c(cc1-3)OCO2.OC1C(O)C(O)C(O)C(O)C1O. The third-order valence-electron chi connectivity index (χ3n) is 7.10. The van der Waals surface area contributed by atoms with Gasteiger partial charge in [0, 0.05) is 12.5 Å². The van der Waals surface area contributed by atoms with Crippen LogP contribution in [0.3, 0.4) is 0 Å². The number of aliphatic hydroxyl groups is 6. The van der Waals surface area contributed by atoms with Gasteiger partial charge in [0.15, 0.2) is 35.7 Å². The van der Waals surface area contributed by atoms with Crippen molar-refractivity contribution in [1.82, 2.24) is 0 Å². The second kappa shape index (κ2) is 9.93. The largest absolute Gasteiger partial charge is 0.493 e. The van der Waals surface area contributed by atoms with Crippen LogP contribution in [-0.2, 0) is 13.0 Å². The number of methoxy groups -OCH3 is 2. The summed E-state index contributed by atoms with van der Waals surface area (Å²) in [6.07, 6.45) is -6.73. The molecule has 1 aliphatic carbocycles. The molecule has 6 N–H and O–H groups in total. The van der Waals surface area contributed by atoms with E-state index in [1.54, 1.807) is 14.2 Å². The van der Waals surface area contributed by atoms with E-state index < -0.39 is 36.6 Å². The number of aliphatic hydroxyl groups excluding tert-OH is 6. The minimum absolute atomic E-state index is 0.299. The van der Waals surface area contributed by atoms with Crippen molar-refractivity contribution in [2.75, 3.05) is 21.0 Å². The van der Waals surface area contributed by atoms with Crippen molar-refractivity contribution in [3.8, 4) is 34.3 Å². The summed E-state index contributed by atoms with van der Waals surface area (Å²) in [7, 11) is 3.34. The summed E-state index contributed by atoms with van der Waals surface area (Å²) in [5.74, 6) is 3.18. The lowest BCUT2D eigenvalue weighted by molar-refractivity contribution is -0.686. The van der Waals surface area contributed by atoms with Crippen LogP contribution in [0.5, 0.6) is 23.0 Å². The fraction of sp³-hybridized carbons (Fsp3) is 0.423. The molecule has 0 unspecified atom stereocenters. The Bertz CT molecular complexity index is 1260. The van der Waals surface area contributed by atoms with Crippen LogP contribution < -0.4 is 23.5 Å². The highest BCUT2D eigenvalue weighted by atomic mass is 16.7. The van der Waals surface area contributed by atoms with E-state index in [4.69, 9.17) is 49.6 Å². The first-order chi connectivity index (χ1) is 17.7. The smallest absolute Gasteiger partial charge is 0.231 e. The van der Waals surface area contributed by atoms with Gasteiger partial charge in [-0.05, 0) is 35.2 Å². The predicted molar refractivity (Wildman–Crippen MR) is 129 cm³/mol. The topological polar surface area (TPSA) is 162 Å². The Kier molecular flexibility index (Phi) is 6.84. The number of benzene rings is 2. The van der Waals surface area contributed by atoms with Gasteiger partial charge in [0.2, 0.25) is 12.5 Å². The van der Waals surface area contributed by atoms with Crippen LogP contribution in [0, 0.1) is 0 Å². The lowest BCUT2D eigenvalue weighted by atomic mass is 9.85. The van der Waals surface area contributed by atoms with E-state index in [1.165, 1.54) is 16.8 Å². The molecule has 1 fully saturated rings. The fourth-order valence-corrected chi connectivity index (χ4v) is 4.98. The molecule has 0 saturated heterocycles. The number of nitrogens with zero attached hydrogens (tertiary/aromatic N) is 1. The van der Waals surface area contributed by atoms with E-state index >= 15 is 0 Å². The van der Waals surface area contributed by atoms with Gasteiger partial charge in [-0.15, -0.1) is 0 Å². The zero-order valence-corrected chi connectivity index (χ0v) is 20.3. The third kappa shape index (κ3) is 4.33. The van der Waals surface area contributed by atoms with Crippen molar-refractivity contribution < 1.29 is 54.2 Å². The molecule has 1 saturated carbocycles. The van der Waals surface area contributed by atoms with Crippen LogP contribution in [-0.4, -0.2) is 88.3 Å². The second-order valence-electron chi connectivity index (χ2n) is 9.21. The number of rotatable bonds is 2. The van der Waals surface area contributed by atoms with E-state index in [-0.39, 0.29) is 0 Å². The Hall–Kier alpha value is -3.19. The monoisotopic (exact) mass is 516 g/mol. The zero-order valence-electron chi connectivity index (χ0n) is 20.3. The van der Waals surface area contributed by atoms with Crippen LogP contribution in [0.2, 0.25) is 0 Å². The summed E-state index contributed by atoms with van der Waals surface area (Å²) < 4.78 is 24.4. The van der Waals surface area contributed by atoms with Crippen LogP contribution in [0.4, 0.5) is 0 Å². The molecule has 1 aromatic heterocycles. The number of aromatic nitrogens is 1. The fourth-order valence-electron chi connectivity index (χ4n) is 4.98. The minimum Gasteiger partial charge on any atom is -0.493 e. The lowest BCUT2D eigenvalue weighted by Crippen LogP contribution is -2.63. The molecule has 0 atom stereocenters. The molecule has 3 aromatic rings. The third-order valence-corrected chi connectivity index (χ3v) is 7.10. The Morgan fingerprint density at radius 2 is 1.38 bits per heavy atom. The van der Waals surface area contributed by atoms with Crippen molar-refractivity contribution in [2.45, 2.75) is 49.6 Å². The first-order valence-electron chi connectivity index (χ1n) is 11.8. The maximum atomic E-state index is 8.97. The Balaban J connectivity index is 0.000000198. The molecule has 0 spiro atoms. The summed E-state index contributed by atoms with van der Waals surface area (Å²) in [6.45, 7) is 1.21. The maximum Gasteiger partial charge on any atom is 0.231 e. The van der Waals surface area contributed by atoms with Gasteiger partial charge in [-0.2, -0.15) is 4.57 Å². The summed E-state index contributed by atoms with van der Waals surface area (Å²) in [4.78, 5) is 0. The van der Waals surface area contributed by atoms with Gasteiger partial charge in [-0.25, -0.2) is 0 Å². The normalized spacial score (nSPS) is 27.6. The number of hydrogen-bond donors (Lipinski definition) is 6. The highest BCUT2D eigenvalue weighted by Gasteiger charge is 2.47. The molecule has 0 bridgehead atoms. The zero-order chi connectivity index (χ0) is 26.4. The van der Waals surface area contributed by atoms with Gasteiger partial charge >= 0.3 is 0 Å². The van der Waals surface area contributed by atoms with E-state index in [2.05, 4.69) is 35.0 Å². The van der Waals surface area contributed by atoms with Gasteiger partial charge in [0.25, 0.3) is 0 Å². The summed E-state index contributed by atoms with van der Waals surface area (Å²) in [5, 5.41) is 56.0. The van der Waals surface area contributed by atoms with Crippen LogP contribution in [0.15, 0.2) is 36.5 Å².